The summed E-state index contributed by atoms with van der Waals surface area (Å²) < 4.78 is 6.92. The third-order valence-electron chi connectivity index (χ3n) is 4.82. The first-order chi connectivity index (χ1) is 13.7. The van der Waals surface area contributed by atoms with Crippen molar-refractivity contribution >= 4 is 35.8 Å². The topological polar surface area (TPSA) is 83.1 Å². The van der Waals surface area contributed by atoms with Gasteiger partial charge in [-0.05, 0) is 31.0 Å². The van der Waals surface area contributed by atoms with Crippen molar-refractivity contribution in [2.75, 3.05) is 39.8 Å². The van der Waals surface area contributed by atoms with E-state index in [0.717, 1.165) is 38.4 Å². The van der Waals surface area contributed by atoms with Crippen LogP contribution in [-0.2, 0) is 6.54 Å². The zero-order valence-electron chi connectivity index (χ0n) is 16.6. The Morgan fingerprint density at radius 3 is 2.52 bits per heavy atom. The number of amides is 1. The zero-order valence-corrected chi connectivity index (χ0v) is 19.0. The molecule has 29 heavy (non-hydrogen) atoms. The third-order valence-corrected chi connectivity index (χ3v) is 4.82. The number of guanidine groups is 1. The summed E-state index contributed by atoms with van der Waals surface area (Å²) in [6.45, 7) is 4.23. The van der Waals surface area contributed by atoms with Crippen LogP contribution in [-0.4, -0.2) is 66.0 Å². The molecular formula is C20H28IN5O3. The fourth-order valence-electron chi connectivity index (χ4n) is 3.26. The number of furan rings is 1. The van der Waals surface area contributed by atoms with Crippen molar-refractivity contribution < 1.29 is 9.21 Å². The van der Waals surface area contributed by atoms with Gasteiger partial charge in [-0.15, -0.1) is 24.0 Å². The summed E-state index contributed by atoms with van der Waals surface area (Å²) in [5.74, 6) is 1.17. The van der Waals surface area contributed by atoms with Crippen molar-refractivity contribution in [3.05, 3.63) is 58.9 Å². The molecule has 1 aliphatic heterocycles. The van der Waals surface area contributed by atoms with Gasteiger partial charge in [-0.3, -0.25) is 14.6 Å². The van der Waals surface area contributed by atoms with Crippen LogP contribution in [0.15, 0.2) is 57.0 Å². The lowest BCUT2D eigenvalue weighted by atomic mass is 10.3. The maximum Gasteiger partial charge on any atom is 0.289 e. The lowest BCUT2D eigenvalue weighted by Gasteiger charge is -2.36. The monoisotopic (exact) mass is 513 g/mol. The summed E-state index contributed by atoms with van der Waals surface area (Å²) in [6, 6.07) is 8.63. The van der Waals surface area contributed by atoms with E-state index in [0.29, 0.717) is 25.4 Å². The molecule has 0 saturated carbocycles. The van der Waals surface area contributed by atoms with Gasteiger partial charge < -0.3 is 24.1 Å². The summed E-state index contributed by atoms with van der Waals surface area (Å²) in [6.07, 6.45) is 5.19. The fraction of sp³-hybridized carbons (Fsp3) is 0.450. The molecule has 3 rings (SSSR count). The van der Waals surface area contributed by atoms with Crippen LogP contribution in [0.3, 0.4) is 0 Å². The number of hydrogen-bond donors (Lipinski definition) is 1. The highest BCUT2D eigenvalue weighted by atomic mass is 127. The van der Waals surface area contributed by atoms with E-state index in [2.05, 4.69) is 15.2 Å². The largest absolute Gasteiger partial charge is 0.459 e. The van der Waals surface area contributed by atoms with Gasteiger partial charge in [-0.1, -0.05) is 6.07 Å². The molecule has 1 N–H and O–H groups in total. The van der Waals surface area contributed by atoms with Crippen molar-refractivity contribution in [3.63, 3.8) is 0 Å². The standard InChI is InChI=1S/C20H27N5O3.HI/c1-21-20(22-9-3-5-11-23-10-4-2-8-18(23)26)25-14-12-24(13-15-25)19(27)17-7-6-16-28-17;/h2,4,6-8,10,16H,3,5,9,11-15H2,1H3,(H,21,22);1H. The number of piperazine rings is 1. The number of nitrogens with zero attached hydrogens (tertiary/aromatic N) is 4. The van der Waals surface area contributed by atoms with E-state index in [4.69, 9.17) is 4.42 Å². The molecule has 0 atom stereocenters. The van der Waals surface area contributed by atoms with Gasteiger partial charge in [0, 0.05) is 58.6 Å². The molecule has 0 aliphatic carbocycles. The number of halogens is 1. The van der Waals surface area contributed by atoms with Crippen LogP contribution in [0.4, 0.5) is 0 Å². The molecule has 0 unspecified atom stereocenters. The predicted molar refractivity (Wildman–Crippen MR) is 123 cm³/mol. The maximum absolute atomic E-state index is 12.3. The van der Waals surface area contributed by atoms with Crippen molar-refractivity contribution in [3.8, 4) is 0 Å². The summed E-state index contributed by atoms with van der Waals surface area (Å²) in [7, 11) is 1.77. The van der Waals surface area contributed by atoms with Gasteiger partial charge in [0.2, 0.25) is 5.56 Å². The van der Waals surface area contributed by atoms with Crippen LogP contribution < -0.4 is 10.9 Å². The van der Waals surface area contributed by atoms with E-state index in [-0.39, 0.29) is 35.4 Å². The van der Waals surface area contributed by atoms with Gasteiger partial charge in [-0.2, -0.15) is 0 Å². The lowest BCUT2D eigenvalue weighted by molar-refractivity contribution is 0.0657. The number of pyridine rings is 1. The molecule has 0 bridgehead atoms. The Hall–Kier alpha value is -2.30. The van der Waals surface area contributed by atoms with Crippen LogP contribution in [0.2, 0.25) is 0 Å². The Morgan fingerprint density at radius 1 is 1.10 bits per heavy atom. The zero-order chi connectivity index (χ0) is 19.8. The molecule has 9 heteroatoms. The molecular weight excluding hydrogens is 485 g/mol. The van der Waals surface area contributed by atoms with Gasteiger partial charge in [0.05, 0.1) is 6.26 Å². The number of carbonyl (C=O) groups excluding carboxylic acids is 1. The Kier molecular flexibility index (Phi) is 9.23. The molecule has 0 aromatic carbocycles. The highest BCUT2D eigenvalue weighted by Crippen LogP contribution is 2.09. The third kappa shape index (κ3) is 6.34. The van der Waals surface area contributed by atoms with Crippen LogP contribution in [0.1, 0.15) is 23.4 Å². The quantitative estimate of drug-likeness (QED) is 0.276. The molecule has 1 fully saturated rings. The Labute approximate surface area is 187 Å². The summed E-state index contributed by atoms with van der Waals surface area (Å²) in [5, 5.41) is 3.38. The number of unbranched alkanes of at least 4 members (excludes halogenated alkanes) is 1. The van der Waals surface area contributed by atoms with E-state index >= 15 is 0 Å². The van der Waals surface area contributed by atoms with Gasteiger partial charge in [0.15, 0.2) is 11.7 Å². The first-order valence-corrected chi connectivity index (χ1v) is 9.63. The van der Waals surface area contributed by atoms with Crippen LogP contribution in [0.25, 0.3) is 0 Å². The smallest absolute Gasteiger partial charge is 0.289 e. The van der Waals surface area contributed by atoms with Crippen molar-refractivity contribution in [1.29, 1.82) is 0 Å². The molecule has 2 aromatic rings. The molecule has 0 radical (unpaired) electrons. The van der Waals surface area contributed by atoms with Crippen LogP contribution in [0.5, 0.6) is 0 Å². The first-order valence-electron chi connectivity index (χ1n) is 9.63. The number of aromatic nitrogens is 1. The van der Waals surface area contributed by atoms with Crippen LogP contribution in [0, 0.1) is 0 Å². The van der Waals surface area contributed by atoms with Crippen molar-refractivity contribution in [2.24, 2.45) is 4.99 Å². The van der Waals surface area contributed by atoms with E-state index in [9.17, 15) is 9.59 Å². The van der Waals surface area contributed by atoms with E-state index in [1.165, 1.54) is 6.26 Å². The number of carbonyl (C=O) groups is 1. The lowest BCUT2D eigenvalue weighted by Crippen LogP contribution is -2.53. The average molecular weight is 513 g/mol. The summed E-state index contributed by atoms with van der Waals surface area (Å²) >= 11 is 0. The number of aryl methyl sites for hydroxylation is 1. The minimum atomic E-state index is -0.0660. The van der Waals surface area contributed by atoms with Gasteiger partial charge in [0.1, 0.15) is 0 Å². The maximum atomic E-state index is 12.3. The Balaban J connectivity index is 0.00000300. The minimum Gasteiger partial charge on any atom is -0.459 e. The molecule has 8 nitrogen and oxygen atoms in total. The second-order valence-electron chi connectivity index (χ2n) is 6.67. The van der Waals surface area contributed by atoms with Gasteiger partial charge in [0.25, 0.3) is 5.91 Å². The Morgan fingerprint density at radius 2 is 1.86 bits per heavy atom. The van der Waals surface area contributed by atoms with E-state index < -0.39 is 0 Å². The van der Waals surface area contributed by atoms with Crippen molar-refractivity contribution in [2.45, 2.75) is 19.4 Å². The number of nitrogens with one attached hydrogen (secondary N) is 1. The second kappa shape index (κ2) is 11.6. The normalized spacial score (nSPS) is 14.4. The minimum absolute atomic E-state index is 0. The number of rotatable bonds is 6. The molecule has 3 heterocycles. The van der Waals surface area contributed by atoms with Crippen molar-refractivity contribution in [1.82, 2.24) is 19.7 Å². The molecule has 1 aliphatic rings. The number of hydrogen-bond acceptors (Lipinski definition) is 4. The molecule has 2 aromatic heterocycles. The highest BCUT2D eigenvalue weighted by Gasteiger charge is 2.24. The molecule has 1 amide bonds. The van der Waals surface area contributed by atoms with Crippen LogP contribution >= 0.6 is 24.0 Å². The summed E-state index contributed by atoms with van der Waals surface area (Å²) in [5.41, 5.74) is 0.0354. The molecule has 158 valence electrons. The van der Waals surface area contributed by atoms with Gasteiger partial charge >= 0.3 is 0 Å². The fourth-order valence-corrected chi connectivity index (χ4v) is 3.26. The first kappa shape index (κ1) is 23.0. The predicted octanol–water partition coefficient (Wildman–Crippen LogP) is 1.87. The second-order valence-corrected chi connectivity index (χ2v) is 6.67. The Bertz CT molecular complexity index is 842. The highest BCUT2D eigenvalue weighted by molar-refractivity contribution is 14.0. The summed E-state index contributed by atoms with van der Waals surface area (Å²) in [4.78, 5) is 32.3. The van der Waals surface area contributed by atoms with E-state index in [1.54, 1.807) is 40.8 Å². The molecule has 0 spiro atoms. The van der Waals surface area contributed by atoms with Gasteiger partial charge in [-0.25, -0.2) is 0 Å². The number of aliphatic imine (C=N–C) groups is 1. The SMILES string of the molecule is CN=C(NCCCCn1ccccc1=O)N1CCN(C(=O)c2ccco2)CC1.I. The van der Waals surface area contributed by atoms with E-state index in [1.807, 2.05) is 12.3 Å². The average Bonchev–Trinajstić information content (AvgIpc) is 3.26. The molecule has 1 saturated heterocycles.